The molecule has 1 fully saturated rings. The average molecular weight is 478 g/mol. The lowest BCUT2D eigenvalue weighted by molar-refractivity contribution is -0.122. The number of carbonyl (C=O) groups is 2. The van der Waals surface area contributed by atoms with E-state index in [0.29, 0.717) is 27.8 Å². The van der Waals surface area contributed by atoms with Crippen molar-refractivity contribution in [3.05, 3.63) is 89.0 Å². The van der Waals surface area contributed by atoms with E-state index in [-0.39, 0.29) is 10.7 Å². The fraction of sp³-hybridized carbons (Fsp3) is 0.0800. The molecule has 6 nitrogen and oxygen atoms in total. The number of benzene rings is 3. The highest BCUT2D eigenvalue weighted by atomic mass is 35.5. The van der Waals surface area contributed by atoms with Crippen LogP contribution in [0.2, 0.25) is 5.02 Å². The fourth-order valence-corrected chi connectivity index (χ4v) is 3.76. The van der Waals surface area contributed by atoms with E-state index in [0.717, 1.165) is 5.69 Å². The average Bonchev–Trinajstić information content (AvgIpc) is 2.79. The molecule has 1 aliphatic rings. The van der Waals surface area contributed by atoms with Crippen LogP contribution in [0.3, 0.4) is 0 Å². The third-order valence-electron chi connectivity index (χ3n) is 4.98. The molecule has 2 amide bonds. The summed E-state index contributed by atoms with van der Waals surface area (Å²) < 4.78 is 5.80. The van der Waals surface area contributed by atoms with Crippen LogP contribution in [0.1, 0.15) is 5.56 Å². The maximum absolute atomic E-state index is 13.2. The minimum atomic E-state index is -0.571. The van der Waals surface area contributed by atoms with Crippen molar-refractivity contribution in [2.75, 3.05) is 23.9 Å². The highest BCUT2D eigenvalue weighted by molar-refractivity contribution is 7.80. The first-order chi connectivity index (χ1) is 15.8. The predicted molar refractivity (Wildman–Crippen MR) is 135 cm³/mol. The second-order valence-corrected chi connectivity index (χ2v) is 8.26. The first-order valence-electron chi connectivity index (χ1n) is 10.0. The van der Waals surface area contributed by atoms with E-state index in [9.17, 15) is 9.59 Å². The second-order valence-electron chi connectivity index (χ2n) is 7.47. The van der Waals surface area contributed by atoms with Gasteiger partial charge in [0.05, 0.1) is 5.69 Å². The highest BCUT2D eigenvalue weighted by Gasteiger charge is 2.34. The summed E-state index contributed by atoms with van der Waals surface area (Å²) in [6, 6.07) is 21.6. The van der Waals surface area contributed by atoms with Gasteiger partial charge in [0.2, 0.25) is 0 Å². The Morgan fingerprint density at radius 1 is 0.970 bits per heavy atom. The zero-order chi connectivity index (χ0) is 23.5. The van der Waals surface area contributed by atoms with E-state index in [1.165, 1.54) is 11.0 Å². The van der Waals surface area contributed by atoms with E-state index in [2.05, 4.69) is 5.32 Å². The number of nitrogens with one attached hydrogen (secondary N) is 1. The van der Waals surface area contributed by atoms with E-state index >= 15 is 0 Å². The largest absolute Gasteiger partial charge is 0.457 e. The molecule has 1 aliphatic heterocycles. The Morgan fingerprint density at radius 2 is 1.64 bits per heavy atom. The lowest BCUT2D eigenvalue weighted by Crippen LogP contribution is -2.54. The Kier molecular flexibility index (Phi) is 6.44. The molecule has 0 unspecified atom stereocenters. The molecule has 0 radical (unpaired) electrons. The second kappa shape index (κ2) is 9.44. The summed E-state index contributed by atoms with van der Waals surface area (Å²) in [7, 11) is 3.80. The maximum atomic E-state index is 13.2. The smallest absolute Gasteiger partial charge is 0.270 e. The molecule has 1 saturated heterocycles. The van der Waals surface area contributed by atoms with Crippen LogP contribution in [0.4, 0.5) is 11.4 Å². The Hall–Kier alpha value is -3.68. The van der Waals surface area contributed by atoms with Crippen molar-refractivity contribution in [3.8, 4) is 11.5 Å². The van der Waals surface area contributed by atoms with Gasteiger partial charge in [-0.3, -0.25) is 19.8 Å². The predicted octanol–water partition coefficient (Wildman–Crippen LogP) is 5.03. The van der Waals surface area contributed by atoms with Crippen LogP contribution in [0.25, 0.3) is 6.08 Å². The minimum absolute atomic E-state index is 0.00734. The number of nitrogens with zero attached hydrogens (tertiary/aromatic N) is 2. The van der Waals surface area contributed by atoms with Crippen molar-refractivity contribution in [3.63, 3.8) is 0 Å². The van der Waals surface area contributed by atoms with Gasteiger partial charge in [-0.1, -0.05) is 35.9 Å². The van der Waals surface area contributed by atoms with Crippen molar-refractivity contribution in [2.24, 2.45) is 0 Å². The first kappa shape index (κ1) is 22.5. The molecule has 33 heavy (non-hydrogen) atoms. The summed E-state index contributed by atoms with van der Waals surface area (Å²) >= 11 is 11.7. The number of hydrogen-bond acceptors (Lipinski definition) is 5. The number of ether oxygens (including phenoxy) is 1. The molecule has 0 aliphatic carbocycles. The zero-order valence-corrected chi connectivity index (χ0v) is 19.5. The van der Waals surface area contributed by atoms with Gasteiger partial charge >= 0.3 is 0 Å². The van der Waals surface area contributed by atoms with E-state index in [1.807, 2.05) is 55.4 Å². The van der Waals surface area contributed by atoms with E-state index in [4.69, 9.17) is 28.6 Å². The number of halogens is 1. The Morgan fingerprint density at radius 3 is 2.27 bits per heavy atom. The van der Waals surface area contributed by atoms with Crippen LogP contribution < -0.4 is 19.9 Å². The first-order valence-corrected chi connectivity index (χ1v) is 10.8. The normalized spacial score (nSPS) is 14.9. The third kappa shape index (κ3) is 4.89. The number of anilines is 2. The van der Waals surface area contributed by atoms with Crippen LogP contribution in [0.5, 0.6) is 11.5 Å². The van der Waals surface area contributed by atoms with Gasteiger partial charge < -0.3 is 9.64 Å². The molecule has 0 saturated carbocycles. The standard InChI is InChI=1S/C25H20ClN3O3S/c1-28(2)18-9-8-16(22(26)15-18)14-21-23(30)27-25(33)29(24(21)31)17-10-12-20(13-11-17)32-19-6-4-3-5-7-19/h3-15H,1-2H3,(H,27,30,33)/b21-14+. The van der Waals surface area contributed by atoms with Crippen molar-refractivity contribution in [1.82, 2.24) is 5.32 Å². The monoisotopic (exact) mass is 477 g/mol. The van der Waals surface area contributed by atoms with Crippen molar-refractivity contribution < 1.29 is 14.3 Å². The molecule has 4 rings (SSSR count). The molecular weight excluding hydrogens is 458 g/mol. The molecule has 166 valence electrons. The Balaban J connectivity index is 1.61. The molecule has 1 heterocycles. The van der Waals surface area contributed by atoms with Gasteiger partial charge in [0.25, 0.3) is 11.8 Å². The van der Waals surface area contributed by atoms with E-state index < -0.39 is 11.8 Å². The van der Waals surface area contributed by atoms with Gasteiger partial charge in [0.1, 0.15) is 17.1 Å². The van der Waals surface area contributed by atoms with Gasteiger partial charge in [-0.15, -0.1) is 0 Å². The van der Waals surface area contributed by atoms with E-state index in [1.54, 1.807) is 36.4 Å². The number of para-hydroxylation sites is 1. The molecule has 3 aromatic carbocycles. The molecule has 1 N–H and O–H groups in total. The van der Waals surface area contributed by atoms with Crippen molar-refractivity contribution in [1.29, 1.82) is 0 Å². The number of amides is 2. The lowest BCUT2D eigenvalue weighted by Gasteiger charge is -2.29. The molecule has 0 aromatic heterocycles. The van der Waals surface area contributed by atoms with Crippen molar-refractivity contribution >= 4 is 58.2 Å². The number of rotatable bonds is 5. The van der Waals surface area contributed by atoms with Gasteiger partial charge in [-0.25, -0.2) is 0 Å². The maximum Gasteiger partial charge on any atom is 0.270 e. The minimum Gasteiger partial charge on any atom is -0.457 e. The van der Waals surface area contributed by atoms with Crippen molar-refractivity contribution in [2.45, 2.75) is 0 Å². The van der Waals surface area contributed by atoms with Gasteiger partial charge in [0, 0.05) is 24.8 Å². The molecular formula is C25H20ClN3O3S. The third-order valence-corrected chi connectivity index (χ3v) is 5.59. The summed E-state index contributed by atoms with van der Waals surface area (Å²) in [4.78, 5) is 29.0. The molecule has 0 atom stereocenters. The Labute approximate surface area is 202 Å². The van der Waals surface area contributed by atoms with Crippen LogP contribution in [-0.2, 0) is 9.59 Å². The van der Waals surface area contributed by atoms with Crippen LogP contribution in [-0.4, -0.2) is 31.0 Å². The van der Waals surface area contributed by atoms with Crippen LogP contribution in [0, 0.1) is 0 Å². The summed E-state index contributed by atoms with van der Waals surface area (Å²) in [5, 5.41) is 3.01. The quantitative estimate of drug-likeness (QED) is 0.317. The molecule has 0 bridgehead atoms. The van der Waals surface area contributed by atoms with Gasteiger partial charge in [0.15, 0.2) is 5.11 Å². The molecule has 8 heteroatoms. The zero-order valence-electron chi connectivity index (χ0n) is 17.9. The fourth-order valence-electron chi connectivity index (χ4n) is 3.25. The SMILES string of the molecule is CN(C)c1ccc(/C=C2\C(=O)NC(=S)N(c3ccc(Oc4ccccc4)cc3)C2=O)c(Cl)c1. The topological polar surface area (TPSA) is 61.9 Å². The Bertz CT molecular complexity index is 1260. The number of carbonyl (C=O) groups excluding carboxylic acids is 2. The number of hydrogen-bond donors (Lipinski definition) is 1. The summed E-state index contributed by atoms with van der Waals surface area (Å²) in [6.45, 7) is 0. The molecule has 0 spiro atoms. The van der Waals surface area contributed by atoms with Gasteiger partial charge in [-0.2, -0.15) is 0 Å². The highest BCUT2D eigenvalue weighted by Crippen LogP contribution is 2.29. The van der Waals surface area contributed by atoms with Gasteiger partial charge in [-0.05, 0) is 72.4 Å². The lowest BCUT2D eigenvalue weighted by atomic mass is 10.1. The summed E-state index contributed by atoms with van der Waals surface area (Å²) in [5.74, 6) is 0.198. The van der Waals surface area contributed by atoms with Crippen LogP contribution in [0.15, 0.2) is 78.4 Å². The van der Waals surface area contributed by atoms with Crippen LogP contribution >= 0.6 is 23.8 Å². The summed E-state index contributed by atoms with van der Waals surface area (Å²) in [5.41, 5.74) is 1.90. The number of thiocarbonyl (C=S) groups is 1. The summed E-state index contributed by atoms with van der Waals surface area (Å²) in [6.07, 6.45) is 1.47. The molecule has 3 aromatic rings.